The van der Waals surface area contributed by atoms with Gasteiger partial charge in [0.15, 0.2) is 11.5 Å². The van der Waals surface area contributed by atoms with Crippen LogP contribution in [0.3, 0.4) is 0 Å². The lowest BCUT2D eigenvalue weighted by atomic mass is 9.90. The quantitative estimate of drug-likeness (QED) is 0.681. The largest absolute Gasteiger partial charge is 0.449 e. The summed E-state index contributed by atoms with van der Waals surface area (Å²) in [7, 11) is 0. The fourth-order valence-corrected chi connectivity index (χ4v) is 5.22. The highest BCUT2D eigenvalue weighted by Crippen LogP contribution is 2.59. The van der Waals surface area contributed by atoms with Gasteiger partial charge < -0.3 is 24.9 Å². The van der Waals surface area contributed by atoms with E-state index >= 15 is 0 Å². The van der Waals surface area contributed by atoms with Gasteiger partial charge in [-0.05, 0) is 49.5 Å². The first-order chi connectivity index (χ1) is 14.9. The van der Waals surface area contributed by atoms with Crippen LogP contribution in [0.5, 0.6) is 0 Å². The monoisotopic (exact) mass is 426 g/mol. The molecule has 1 aromatic rings. The molecule has 3 fully saturated rings. The van der Waals surface area contributed by atoms with Crippen LogP contribution in [-0.2, 0) is 9.59 Å². The molecule has 8 nitrogen and oxygen atoms in total. The average Bonchev–Trinajstić information content (AvgIpc) is 3.16. The molecule has 0 radical (unpaired) electrons. The van der Waals surface area contributed by atoms with E-state index in [1.165, 1.54) is 6.92 Å². The number of nitrogens with zero attached hydrogens (tertiary/aromatic N) is 2. The van der Waals surface area contributed by atoms with E-state index in [9.17, 15) is 14.4 Å². The van der Waals surface area contributed by atoms with Crippen molar-refractivity contribution < 1.29 is 18.8 Å². The third-order valence-electron chi connectivity index (χ3n) is 7.25. The molecule has 1 aliphatic carbocycles. The van der Waals surface area contributed by atoms with Crippen molar-refractivity contribution in [1.29, 1.82) is 5.41 Å². The molecule has 3 heterocycles. The molecule has 0 bridgehead atoms. The molecule has 3 aliphatic rings. The van der Waals surface area contributed by atoms with Crippen molar-refractivity contribution in [1.82, 2.24) is 15.1 Å². The Balaban J connectivity index is 1.26. The second kappa shape index (κ2) is 8.32. The maximum absolute atomic E-state index is 12.9. The zero-order chi connectivity index (χ0) is 22.2. The van der Waals surface area contributed by atoms with Gasteiger partial charge in [0.1, 0.15) is 6.04 Å². The van der Waals surface area contributed by atoms with E-state index in [4.69, 9.17) is 9.83 Å². The van der Waals surface area contributed by atoms with Gasteiger partial charge in [0, 0.05) is 38.7 Å². The summed E-state index contributed by atoms with van der Waals surface area (Å²) >= 11 is 0. The molecule has 2 atom stereocenters. The Labute approximate surface area is 182 Å². The molecule has 4 rings (SSSR count). The second-order valence-electron chi connectivity index (χ2n) is 8.95. The molecule has 2 aliphatic heterocycles. The number of nitrogens with one attached hydrogen (secondary N) is 2. The summed E-state index contributed by atoms with van der Waals surface area (Å²) in [5.74, 6) is 0.708. The molecule has 2 saturated heterocycles. The summed E-state index contributed by atoms with van der Waals surface area (Å²) in [4.78, 5) is 40.7. The number of hydrogen-bond acceptors (Lipinski definition) is 5. The van der Waals surface area contributed by atoms with E-state index in [2.05, 4.69) is 11.9 Å². The summed E-state index contributed by atoms with van der Waals surface area (Å²) in [5.41, 5.74) is 0.834. The number of carbonyl (C=O) groups is 3. The normalized spacial score (nSPS) is 24.2. The number of rotatable bonds is 6. The van der Waals surface area contributed by atoms with Crippen molar-refractivity contribution in [3.8, 4) is 0 Å². The van der Waals surface area contributed by atoms with Gasteiger partial charge in [0.05, 0.1) is 6.21 Å². The molecule has 8 heteroatoms. The predicted molar refractivity (Wildman–Crippen MR) is 116 cm³/mol. The lowest BCUT2D eigenvalue weighted by molar-refractivity contribution is -0.144. The Morgan fingerprint density at radius 2 is 2.06 bits per heavy atom. The molecule has 1 saturated carbocycles. The molecule has 31 heavy (non-hydrogen) atoms. The molecular formula is C23H30N4O4. The zero-order valence-corrected chi connectivity index (χ0v) is 18.0. The van der Waals surface area contributed by atoms with Gasteiger partial charge in [-0.1, -0.05) is 12.7 Å². The molecule has 3 amide bonds. The molecule has 2 N–H and O–H groups in total. The first-order valence-corrected chi connectivity index (χ1v) is 11.0. The molecule has 2 unspecified atom stereocenters. The summed E-state index contributed by atoms with van der Waals surface area (Å²) in [5, 5.41) is 10.3. The third kappa shape index (κ3) is 4.03. The highest BCUT2D eigenvalue weighted by molar-refractivity contribution is 5.94. The molecule has 0 aromatic carbocycles. The Bertz CT molecular complexity index is 887. The van der Waals surface area contributed by atoms with Crippen molar-refractivity contribution in [3.63, 3.8) is 0 Å². The number of piperidine rings is 1. The topological polar surface area (TPSA) is 107 Å². The minimum Gasteiger partial charge on any atom is -0.449 e. The van der Waals surface area contributed by atoms with E-state index in [1.807, 2.05) is 4.90 Å². The van der Waals surface area contributed by atoms with Crippen LogP contribution in [0.1, 0.15) is 60.9 Å². The summed E-state index contributed by atoms with van der Waals surface area (Å²) < 4.78 is 5.42. The number of hydrogen-bond donors (Lipinski definition) is 2. The summed E-state index contributed by atoms with van der Waals surface area (Å²) in [6.45, 7) is 7.89. The van der Waals surface area contributed by atoms with Crippen LogP contribution in [0.2, 0.25) is 0 Å². The summed E-state index contributed by atoms with van der Waals surface area (Å²) in [6.07, 6.45) is 7.21. The van der Waals surface area contributed by atoms with Crippen LogP contribution < -0.4 is 5.32 Å². The third-order valence-corrected chi connectivity index (χ3v) is 7.25. The van der Waals surface area contributed by atoms with Crippen molar-refractivity contribution in [2.45, 2.75) is 45.1 Å². The van der Waals surface area contributed by atoms with Gasteiger partial charge in [-0.15, -0.1) is 0 Å². The zero-order valence-electron chi connectivity index (χ0n) is 18.0. The van der Waals surface area contributed by atoms with Crippen LogP contribution in [0, 0.1) is 16.7 Å². The SMILES string of the molecule is C=Cc1cc(C(=O)NCC2CC23CCN(C(=O)C2CCCN2C(C)=O)CC3)oc1C=N. The Kier molecular flexibility index (Phi) is 5.73. The van der Waals surface area contributed by atoms with Gasteiger partial charge in [-0.2, -0.15) is 0 Å². The average molecular weight is 427 g/mol. The van der Waals surface area contributed by atoms with Gasteiger partial charge >= 0.3 is 0 Å². The van der Waals surface area contributed by atoms with Gasteiger partial charge in [0.25, 0.3) is 5.91 Å². The number of furan rings is 1. The second-order valence-corrected chi connectivity index (χ2v) is 8.95. The first kappa shape index (κ1) is 21.3. The Morgan fingerprint density at radius 1 is 1.32 bits per heavy atom. The number of amides is 3. The minimum atomic E-state index is -0.291. The van der Waals surface area contributed by atoms with E-state index in [1.54, 1.807) is 17.0 Å². The Hall–Kier alpha value is -2.90. The maximum Gasteiger partial charge on any atom is 0.287 e. The standard InChI is InChI=1S/C23H30N4O4/c1-3-16-11-19(31-20(16)13-24)21(29)25-14-17-12-23(17)6-9-26(10-7-23)22(30)18-5-4-8-27(18)15(2)28/h3,11,13,17-18,24H,1,4-10,12,14H2,2H3,(H,25,29). The number of likely N-dealkylation sites (tertiary alicyclic amines) is 2. The van der Waals surface area contributed by atoms with Gasteiger partial charge in [-0.25, -0.2) is 0 Å². The van der Waals surface area contributed by atoms with Gasteiger partial charge in [0.2, 0.25) is 11.8 Å². The minimum absolute atomic E-state index is 0.0215. The Morgan fingerprint density at radius 3 is 2.68 bits per heavy atom. The van der Waals surface area contributed by atoms with Crippen molar-refractivity contribution in [2.24, 2.45) is 11.3 Å². The van der Waals surface area contributed by atoms with Crippen LogP contribution in [0.15, 0.2) is 17.1 Å². The van der Waals surface area contributed by atoms with E-state index in [-0.39, 0.29) is 34.9 Å². The molecule has 166 valence electrons. The smallest absolute Gasteiger partial charge is 0.287 e. The van der Waals surface area contributed by atoms with Crippen LogP contribution in [-0.4, -0.2) is 66.0 Å². The first-order valence-electron chi connectivity index (χ1n) is 11.0. The lowest BCUT2D eigenvalue weighted by Crippen LogP contribution is -2.50. The fourth-order valence-electron chi connectivity index (χ4n) is 5.22. The van der Waals surface area contributed by atoms with E-state index in [0.717, 1.165) is 51.4 Å². The predicted octanol–water partition coefficient (Wildman–Crippen LogP) is 2.29. The van der Waals surface area contributed by atoms with Gasteiger partial charge in [-0.3, -0.25) is 14.4 Å². The van der Waals surface area contributed by atoms with Crippen LogP contribution >= 0.6 is 0 Å². The molecular weight excluding hydrogens is 396 g/mol. The van der Waals surface area contributed by atoms with Crippen molar-refractivity contribution >= 4 is 30.0 Å². The molecule has 1 aromatic heterocycles. The molecule has 1 spiro atoms. The van der Waals surface area contributed by atoms with Crippen molar-refractivity contribution in [3.05, 3.63) is 29.7 Å². The van der Waals surface area contributed by atoms with E-state index < -0.39 is 0 Å². The van der Waals surface area contributed by atoms with Crippen LogP contribution in [0.4, 0.5) is 0 Å². The van der Waals surface area contributed by atoms with Crippen molar-refractivity contribution in [2.75, 3.05) is 26.2 Å². The highest BCUT2D eigenvalue weighted by Gasteiger charge is 2.55. The lowest BCUT2D eigenvalue weighted by Gasteiger charge is -2.36. The van der Waals surface area contributed by atoms with Crippen LogP contribution in [0.25, 0.3) is 6.08 Å². The summed E-state index contributed by atoms with van der Waals surface area (Å²) in [6, 6.07) is 1.31. The number of carbonyl (C=O) groups excluding carboxylic acids is 3. The highest BCUT2D eigenvalue weighted by atomic mass is 16.4. The maximum atomic E-state index is 12.9. The van der Waals surface area contributed by atoms with E-state index in [0.29, 0.717) is 30.3 Å². The fraction of sp³-hybridized carbons (Fsp3) is 0.565.